The highest BCUT2D eigenvalue weighted by Crippen LogP contribution is 2.15. The number of primary amides is 1. The Morgan fingerprint density at radius 3 is 3.06 bits per heavy atom. The average molecular weight is 266 g/mol. The molecule has 0 spiro atoms. The highest BCUT2D eigenvalue weighted by atomic mass is 32.1. The Balaban J connectivity index is 1.79. The zero-order valence-corrected chi connectivity index (χ0v) is 10.4. The first kappa shape index (κ1) is 12.8. The normalized spacial score (nSPS) is 12.5. The van der Waals surface area contributed by atoms with E-state index < -0.39 is 12.0 Å². The fourth-order valence-electron chi connectivity index (χ4n) is 1.52. The number of hydrogen-bond acceptors (Lipinski definition) is 5. The predicted molar refractivity (Wildman–Crippen MR) is 68.2 cm³/mol. The fourth-order valence-corrected chi connectivity index (χ4v) is 2.36. The van der Waals surface area contributed by atoms with E-state index in [1.54, 1.807) is 23.6 Å². The van der Waals surface area contributed by atoms with Crippen molar-refractivity contribution in [1.29, 1.82) is 0 Å². The van der Waals surface area contributed by atoms with E-state index in [0.717, 1.165) is 4.88 Å². The van der Waals surface area contributed by atoms with Gasteiger partial charge < -0.3 is 20.6 Å². The molecule has 1 amide bonds. The number of thiophene rings is 1. The summed E-state index contributed by atoms with van der Waals surface area (Å²) in [6, 6.07) is 5.21. The molecule has 0 saturated heterocycles. The number of nitrogens with one attached hydrogen (secondary N) is 1. The first-order valence-corrected chi connectivity index (χ1v) is 6.34. The van der Waals surface area contributed by atoms with Gasteiger partial charge in [-0.3, -0.25) is 4.79 Å². The number of rotatable bonds is 6. The van der Waals surface area contributed by atoms with Crippen molar-refractivity contribution in [2.45, 2.75) is 12.6 Å². The Labute approximate surface area is 108 Å². The van der Waals surface area contributed by atoms with Gasteiger partial charge in [0.25, 0.3) is 0 Å². The van der Waals surface area contributed by atoms with Crippen LogP contribution in [-0.4, -0.2) is 17.6 Å². The molecule has 2 heterocycles. The Hall–Kier alpha value is -1.63. The van der Waals surface area contributed by atoms with E-state index in [9.17, 15) is 9.90 Å². The highest BCUT2D eigenvalue weighted by molar-refractivity contribution is 7.10. The van der Waals surface area contributed by atoms with E-state index in [1.165, 1.54) is 17.6 Å². The number of aliphatic hydroxyl groups is 1. The van der Waals surface area contributed by atoms with Gasteiger partial charge in [-0.2, -0.15) is 0 Å². The number of aliphatic hydroxyl groups excluding tert-OH is 1. The third-order valence-electron chi connectivity index (χ3n) is 2.45. The lowest BCUT2D eigenvalue weighted by molar-refractivity contribution is 0.100. The summed E-state index contributed by atoms with van der Waals surface area (Å²) >= 11 is 1.46. The number of nitrogens with two attached hydrogens (primary N) is 1. The maximum Gasteiger partial charge on any atom is 0.249 e. The second-order valence-corrected chi connectivity index (χ2v) is 4.82. The minimum Gasteiger partial charge on any atom is -0.467 e. The number of carbonyl (C=O) groups is 1. The molecule has 96 valence electrons. The number of hydrogen-bond donors (Lipinski definition) is 3. The average Bonchev–Trinajstić information content (AvgIpc) is 3.00. The summed E-state index contributed by atoms with van der Waals surface area (Å²) in [6.07, 6.45) is 0.854. The Bertz CT molecular complexity index is 507. The molecular weight excluding hydrogens is 252 g/mol. The second kappa shape index (κ2) is 5.81. The minimum atomic E-state index is -0.671. The van der Waals surface area contributed by atoms with Gasteiger partial charge in [-0.1, -0.05) is 0 Å². The molecule has 1 atom stereocenters. The van der Waals surface area contributed by atoms with Gasteiger partial charge in [0.05, 0.1) is 11.8 Å². The molecule has 0 aromatic carbocycles. The molecule has 0 bridgehead atoms. The zero-order valence-electron chi connectivity index (χ0n) is 9.63. The van der Waals surface area contributed by atoms with Crippen molar-refractivity contribution in [2.75, 3.05) is 6.54 Å². The molecule has 5 nitrogen and oxygen atoms in total. The lowest BCUT2D eigenvalue weighted by Gasteiger charge is -2.08. The van der Waals surface area contributed by atoms with Gasteiger partial charge in [-0.25, -0.2) is 0 Å². The third kappa shape index (κ3) is 3.19. The summed E-state index contributed by atoms with van der Waals surface area (Å²) in [5.41, 5.74) is 5.68. The van der Waals surface area contributed by atoms with Crippen LogP contribution in [0.2, 0.25) is 0 Å². The van der Waals surface area contributed by atoms with E-state index in [-0.39, 0.29) is 0 Å². The smallest absolute Gasteiger partial charge is 0.249 e. The molecule has 1 unspecified atom stereocenters. The van der Waals surface area contributed by atoms with Crippen molar-refractivity contribution in [3.63, 3.8) is 0 Å². The molecule has 2 rings (SSSR count). The van der Waals surface area contributed by atoms with Gasteiger partial charge in [0.2, 0.25) is 5.91 Å². The van der Waals surface area contributed by atoms with Crippen molar-refractivity contribution in [2.24, 2.45) is 5.73 Å². The van der Waals surface area contributed by atoms with Crippen LogP contribution >= 0.6 is 11.3 Å². The predicted octanol–water partition coefficient (Wildman–Crippen LogP) is 1.26. The largest absolute Gasteiger partial charge is 0.467 e. The molecule has 0 aliphatic heterocycles. The van der Waals surface area contributed by atoms with Crippen LogP contribution in [0.1, 0.15) is 27.1 Å². The standard InChI is InChI=1S/C12H14N2O3S/c13-12(16)8-4-9(18-7-8)5-14-6-10(15)11-2-1-3-17-11/h1-4,7,10,14-15H,5-6H2,(H2,13,16). The third-order valence-corrected chi connectivity index (χ3v) is 3.38. The van der Waals surface area contributed by atoms with Gasteiger partial charge in [0.15, 0.2) is 0 Å². The molecule has 18 heavy (non-hydrogen) atoms. The lowest BCUT2D eigenvalue weighted by atomic mass is 10.2. The Morgan fingerprint density at radius 1 is 1.61 bits per heavy atom. The molecule has 2 aromatic rings. The molecule has 0 aliphatic carbocycles. The van der Waals surface area contributed by atoms with Crippen LogP contribution in [-0.2, 0) is 6.54 Å². The molecule has 0 saturated carbocycles. The van der Waals surface area contributed by atoms with Gasteiger partial charge in [-0.15, -0.1) is 11.3 Å². The fraction of sp³-hybridized carbons (Fsp3) is 0.250. The van der Waals surface area contributed by atoms with Crippen LogP contribution in [0, 0.1) is 0 Å². The maximum atomic E-state index is 10.9. The van der Waals surface area contributed by atoms with E-state index >= 15 is 0 Å². The number of carbonyl (C=O) groups excluding carboxylic acids is 1. The topological polar surface area (TPSA) is 88.5 Å². The van der Waals surface area contributed by atoms with Crippen LogP contribution in [0.3, 0.4) is 0 Å². The molecule has 0 aliphatic rings. The number of amides is 1. The van der Waals surface area contributed by atoms with E-state index in [1.807, 2.05) is 0 Å². The summed E-state index contributed by atoms with van der Waals surface area (Å²) in [6.45, 7) is 0.965. The monoisotopic (exact) mass is 266 g/mol. The quantitative estimate of drug-likeness (QED) is 0.734. The molecular formula is C12H14N2O3S. The van der Waals surface area contributed by atoms with Gasteiger partial charge in [-0.05, 0) is 18.2 Å². The summed E-state index contributed by atoms with van der Waals surface area (Å²) < 4.78 is 5.09. The minimum absolute atomic E-state index is 0.386. The number of furan rings is 1. The SMILES string of the molecule is NC(=O)c1csc(CNCC(O)c2ccco2)c1. The van der Waals surface area contributed by atoms with Crippen molar-refractivity contribution in [3.8, 4) is 0 Å². The molecule has 0 radical (unpaired) electrons. The molecule has 2 aromatic heterocycles. The summed E-state index contributed by atoms with van der Waals surface area (Å²) in [7, 11) is 0. The van der Waals surface area contributed by atoms with Gasteiger partial charge >= 0.3 is 0 Å². The van der Waals surface area contributed by atoms with Crippen molar-refractivity contribution < 1.29 is 14.3 Å². The van der Waals surface area contributed by atoms with E-state index in [0.29, 0.717) is 24.4 Å². The molecule has 4 N–H and O–H groups in total. The van der Waals surface area contributed by atoms with Crippen molar-refractivity contribution in [3.05, 3.63) is 46.0 Å². The summed E-state index contributed by atoms with van der Waals surface area (Å²) in [4.78, 5) is 11.9. The van der Waals surface area contributed by atoms with Crippen molar-refractivity contribution in [1.82, 2.24) is 5.32 Å². The van der Waals surface area contributed by atoms with Crippen LogP contribution in [0.15, 0.2) is 34.3 Å². The molecule has 0 fully saturated rings. The Morgan fingerprint density at radius 2 is 2.44 bits per heavy atom. The first-order valence-electron chi connectivity index (χ1n) is 5.46. The van der Waals surface area contributed by atoms with Crippen LogP contribution in [0.25, 0.3) is 0 Å². The van der Waals surface area contributed by atoms with Gasteiger partial charge in [0, 0.05) is 23.3 Å². The highest BCUT2D eigenvalue weighted by Gasteiger charge is 2.10. The van der Waals surface area contributed by atoms with Crippen LogP contribution in [0.5, 0.6) is 0 Å². The zero-order chi connectivity index (χ0) is 13.0. The second-order valence-electron chi connectivity index (χ2n) is 3.83. The Kier molecular flexibility index (Phi) is 4.14. The summed E-state index contributed by atoms with van der Waals surface area (Å²) in [5.74, 6) is 0.111. The van der Waals surface area contributed by atoms with Crippen LogP contribution in [0.4, 0.5) is 0 Å². The summed E-state index contributed by atoms with van der Waals surface area (Å²) in [5, 5.41) is 14.6. The van der Waals surface area contributed by atoms with Gasteiger partial charge in [0.1, 0.15) is 11.9 Å². The lowest BCUT2D eigenvalue weighted by Crippen LogP contribution is -2.20. The van der Waals surface area contributed by atoms with E-state index in [4.69, 9.17) is 10.2 Å². The van der Waals surface area contributed by atoms with Crippen LogP contribution < -0.4 is 11.1 Å². The van der Waals surface area contributed by atoms with E-state index in [2.05, 4.69) is 5.32 Å². The first-order chi connectivity index (χ1) is 8.66. The molecule has 6 heteroatoms. The van der Waals surface area contributed by atoms with Crippen molar-refractivity contribution >= 4 is 17.2 Å². The maximum absolute atomic E-state index is 10.9.